The fraction of sp³-hybridized carbons (Fsp3) is 0.357. The van der Waals surface area contributed by atoms with Gasteiger partial charge in [-0.05, 0) is 44.2 Å². The van der Waals surface area contributed by atoms with Crippen LogP contribution in [0.3, 0.4) is 0 Å². The number of anilines is 1. The van der Waals surface area contributed by atoms with Crippen LogP contribution >= 0.6 is 0 Å². The summed E-state index contributed by atoms with van der Waals surface area (Å²) >= 11 is 0. The molecule has 1 heterocycles. The molecule has 0 unspecified atom stereocenters. The number of imidazole rings is 1. The Morgan fingerprint density at radius 3 is 2.62 bits per heavy atom. The molecule has 0 atom stereocenters. The smallest absolute Gasteiger partial charge is 0.240 e. The molecule has 0 aliphatic heterocycles. The van der Waals surface area contributed by atoms with Crippen LogP contribution in [0.1, 0.15) is 24.6 Å². The predicted octanol–water partition coefficient (Wildman–Crippen LogP) is 1.74. The van der Waals surface area contributed by atoms with Crippen LogP contribution in [0.25, 0.3) is 0 Å². The highest BCUT2D eigenvalue weighted by Gasteiger charge is 2.24. The molecular formula is C14H18N4O2S. The zero-order valence-corrected chi connectivity index (χ0v) is 12.6. The number of hydrogen-bond acceptors (Lipinski definition) is 4. The number of hydrogen-bond donors (Lipinski definition) is 2. The van der Waals surface area contributed by atoms with Crippen LogP contribution in [0.4, 0.5) is 5.69 Å². The minimum absolute atomic E-state index is 0.263. The van der Waals surface area contributed by atoms with Crippen LogP contribution in [-0.2, 0) is 16.6 Å². The van der Waals surface area contributed by atoms with Gasteiger partial charge in [-0.3, -0.25) is 0 Å². The van der Waals surface area contributed by atoms with E-state index in [1.54, 1.807) is 24.3 Å². The average molecular weight is 306 g/mol. The first-order valence-corrected chi connectivity index (χ1v) is 8.36. The molecule has 1 aliphatic rings. The largest absolute Gasteiger partial charge is 0.379 e. The molecular weight excluding hydrogens is 288 g/mol. The molecule has 0 bridgehead atoms. The maximum Gasteiger partial charge on any atom is 0.240 e. The SMILES string of the molecule is CNS(=O)(=O)c1ccc(NCc2cncn2C2CC2)cc1. The molecule has 1 aromatic heterocycles. The summed E-state index contributed by atoms with van der Waals surface area (Å²) in [6.45, 7) is 0.675. The van der Waals surface area contributed by atoms with Crippen molar-refractivity contribution in [2.75, 3.05) is 12.4 Å². The normalized spacial score (nSPS) is 15.1. The van der Waals surface area contributed by atoms with Gasteiger partial charge in [-0.1, -0.05) is 0 Å². The van der Waals surface area contributed by atoms with Crippen molar-refractivity contribution in [2.24, 2.45) is 0 Å². The van der Waals surface area contributed by atoms with Gasteiger partial charge in [-0.2, -0.15) is 0 Å². The van der Waals surface area contributed by atoms with Crippen molar-refractivity contribution >= 4 is 15.7 Å². The quantitative estimate of drug-likeness (QED) is 0.852. The summed E-state index contributed by atoms with van der Waals surface area (Å²) in [5.41, 5.74) is 2.03. The van der Waals surface area contributed by atoms with Crippen molar-refractivity contribution in [1.29, 1.82) is 0 Å². The Bertz CT molecular complexity index is 718. The van der Waals surface area contributed by atoms with E-state index in [2.05, 4.69) is 19.6 Å². The molecule has 112 valence electrons. The summed E-state index contributed by atoms with van der Waals surface area (Å²) in [5, 5.41) is 3.29. The van der Waals surface area contributed by atoms with Gasteiger partial charge in [-0.25, -0.2) is 18.1 Å². The molecule has 21 heavy (non-hydrogen) atoms. The van der Waals surface area contributed by atoms with E-state index in [1.807, 2.05) is 12.5 Å². The summed E-state index contributed by atoms with van der Waals surface area (Å²) in [6.07, 6.45) is 6.18. The van der Waals surface area contributed by atoms with Crippen LogP contribution in [0, 0.1) is 0 Å². The minimum atomic E-state index is -3.37. The lowest BCUT2D eigenvalue weighted by Gasteiger charge is -2.10. The first-order valence-electron chi connectivity index (χ1n) is 6.88. The predicted molar refractivity (Wildman–Crippen MR) is 80.5 cm³/mol. The van der Waals surface area contributed by atoms with E-state index in [4.69, 9.17) is 0 Å². The molecule has 0 radical (unpaired) electrons. The van der Waals surface area contributed by atoms with Crippen LogP contribution in [-0.4, -0.2) is 25.0 Å². The second-order valence-corrected chi connectivity index (χ2v) is 7.00. The topological polar surface area (TPSA) is 76.0 Å². The number of nitrogens with one attached hydrogen (secondary N) is 2. The standard InChI is InChI=1S/C14H18N4O2S/c1-15-21(19,20)14-6-2-11(3-7-14)17-9-13-8-16-10-18(13)12-4-5-12/h2-3,6-8,10,12,15,17H,4-5,9H2,1H3. The van der Waals surface area contributed by atoms with Gasteiger partial charge in [0, 0.05) is 17.9 Å². The maximum absolute atomic E-state index is 11.6. The molecule has 6 nitrogen and oxygen atoms in total. The van der Waals surface area contributed by atoms with E-state index in [-0.39, 0.29) is 4.90 Å². The Morgan fingerprint density at radius 1 is 1.29 bits per heavy atom. The highest BCUT2D eigenvalue weighted by atomic mass is 32.2. The van der Waals surface area contributed by atoms with E-state index in [0.717, 1.165) is 11.4 Å². The number of aromatic nitrogens is 2. The van der Waals surface area contributed by atoms with E-state index >= 15 is 0 Å². The Hall–Kier alpha value is -1.86. The molecule has 1 fully saturated rings. The van der Waals surface area contributed by atoms with E-state index in [0.29, 0.717) is 12.6 Å². The monoisotopic (exact) mass is 306 g/mol. The minimum Gasteiger partial charge on any atom is -0.379 e. The van der Waals surface area contributed by atoms with Crippen molar-refractivity contribution < 1.29 is 8.42 Å². The van der Waals surface area contributed by atoms with Crippen molar-refractivity contribution in [1.82, 2.24) is 14.3 Å². The summed E-state index contributed by atoms with van der Waals surface area (Å²) in [4.78, 5) is 4.45. The van der Waals surface area contributed by atoms with Gasteiger partial charge < -0.3 is 9.88 Å². The van der Waals surface area contributed by atoms with Crippen LogP contribution in [0.2, 0.25) is 0 Å². The Balaban J connectivity index is 1.67. The Morgan fingerprint density at radius 2 is 2.00 bits per heavy atom. The van der Waals surface area contributed by atoms with Crippen LogP contribution in [0.15, 0.2) is 41.7 Å². The van der Waals surface area contributed by atoms with Crippen molar-refractivity contribution in [2.45, 2.75) is 30.3 Å². The summed E-state index contributed by atoms with van der Waals surface area (Å²) in [7, 11) is -1.97. The third-order valence-electron chi connectivity index (χ3n) is 3.59. The van der Waals surface area contributed by atoms with Gasteiger partial charge in [0.2, 0.25) is 10.0 Å². The number of nitrogens with zero attached hydrogens (tertiary/aromatic N) is 2. The van der Waals surface area contributed by atoms with E-state index in [1.165, 1.54) is 19.9 Å². The Kier molecular flexibility index (Phi) is 3.69. The molecule has 2 aromatic rings. The number of benzene rings is 1. The van der Waals surface area contributed by atoms with Crippen molar-refractivity contribution in [3.63, 3.8) is 0 Å². The molecule has 0 saturated heterocycles. The third-order valence-corrected chi connectivity index (χ3v) is 5.02. The molecule has 7 heteroatoms. The maximum atomic E-state index is 11.6. The first kappa shape index (κ1) is 14.1. The second kappa shape index (κ2) is 5.50. The van der Waals surface area contributed by atoms with Gasteiger partial charge in [0.1, 0.15) is 0 Å². The summed E-state index contributed by atoms with van der Waals surface area (Å²) in [6, 6.07) is 7.32. The second-order valence-electron chi connectivity index (χ2n) is 5.11. The Labute approximate surface area is 124 Å². The molecule has 1 aromatic carbocycles. The fourth-order valence-corrected chi connectivity index (χ4v) is 2.94. The zero-order valence-electron chi connectivity index (χ0n) is 11.8. The molecule has 2 N–H and O–H groups in total. The summed E-state index contributed by atoms with van der Waals surface area (Å²) < 4.78 is 27.8. The molecule has 3 rings (SSSR count). The lowest BCUT2D eigenvalue weighted by atomic mass is 10.3. The zero-order chi connectivity index (χ0) is 14.9. The van der Waals surface area contributed by atoms with Crippen molar-refractivity contribution in [3.8, 4) is 0 Å². The lowest BCUT2D eigenvalue weighted by molar-refractivity contribution is 0.588. The average Bonchev–Trinajstić information content (AvgIpc) is 3.24. The van der Waals surface area contributed by atoms with Gasteiger partial charge in [0.05, 0.1) is 23.5 Å². The van der Waals surface area contributed by atoms with Crippen molar-refractivity contribution in [3.05, 3.63) is 42.5 Å². The van der Waals surface area contributed by atoms with Gasteiger partial charge in [-0.15, -0.1) is 0 Å². The molecule has 0 amide bonds. The van der Waals surface area contributed by atoms with Crippen LogP contribution < -0.4 is 10.0 Å². The fourth-order valence-electron chi connectivity index (χ4n) is 2.21. The number of rotatable bonds is 6. The molecule has 1 aliphatic carbocycles. The molecule has 1 saturated carbocycles. The molecule has 0 spiro atoms. The van der Waals surface area contributed by atoms with Gasteiger partial charge >= 0.3 is 0 Å². The van der Waals surface area contributed by atoms with E-state index < -0.39 is 10.0 Å². The highest BCUT2D eigenvalue weighted by molar-refractivity contribution is 7.89. The first-order chi connectivity index (χ1) is 10.1. The lowest BCUT2D eigenvalue weighted by Crippen LogP contribution is -2.18. The van der Waals surface area contributed by atoms with Gasteiger partial charge in [0.25, 0.3) is 0 Å². The van der Waals surface area contributed by atoms with E-state index in [9.17, 15) is 8.42 Å². The summed E-state index contributed by atoms with van der Waals surface area (Å²) in [5.74, 6) is 0. The van der Waals surface area contributed by atoms with Gasteiger partial charge in [0.15, 0.2) is 0 Å². The highest BCUT2D eigenvalue weighted by Crippen LogP contribution is 2.35. The van der Waals surface area contributed by atoms with Crippen LogP contribution in [0.5, 0.6) is 0 Å². The third kappa shape index (κ3) is 3.08. The number of sulfonamides is 1.